The predicted molar refractivity (Wildman–Crippen MR) is 96.6 cm³/mol. The van der Waals surface area contributed by atoms with Gasteiger partial charge in [0.2, 0.25) is 0 Å². The van der Waals surface area contributed by atoms with Crippen LogP contribution in [0.2, 0.25) is 0 Å². The van der Waals surface area contributed by atoms with Crippen LogP contribution in [0.15, 0.2) is 18.2 Å². The van der Waals surface area contributed by atoms with Gasteiger partial charge in [0.05, 0.1) is 13.0 Å². The van der Waals surface area contributed by atoms with Crippen molar-refractivity contribution in [1.29, 1.82) is 0 Å². The maximum Gasteiger partial charge on any atom is 0.310 e. The summed E-state index contributed by atoms with van der Waals surface area (Å²) in [4.78, 5) is 24.0. The molecular weight excluding hydrogens is 318 g/mol. The maximum atomic E-state index is 12.1. The Hall–Kier alpha value is -2.04. The van der Waals surface area contributed by atoms with Crippen molar-refractivity contribution in [3.8, 4) is 5.75 Å². The molecule has 0 unspecified atom stereocenters. The van der Waals surface area contributed by atoms with Crippen LogP contribution in [0.4, 0.5) is 0 Å². The molecule has 0 radical (unpaired) electrons. The number of rotatable bonds is 7. The van der Waals surface area contributed by atoms with E-state index in [0.29, 0.717) is 0 Å². The molecule has 1 amide bonds. The van der Waals surface area contributed by atoms with Gasteiger partial charge in [-0.05, 0) is 50.8 Å². The van der Waals surface area contributed by atoms with E-state index in [1.165, 1.54) is 6.42 Å². The van der Waals surface area contributed by atoms with E-state index in [-0.39, 0.29) is 25.0 Å². The minimum atomic E-state index is -0.768. The first-order valence-electron chi connectivity index (χ1n) is 9.15. The third-order valence-electron chi connectivity index (χ3n) is 4.54. The zero-order valence-corrected chi connectivity index (χ0v) is 15.5. The van der Waals surface area contributed by atoms with Gasteiger partial charge in [-0.3, -0.25) is 9.59 Å². The molecule has 1 saturated carbocycles. The molecule has 1 aromatic rings. The van der Waals surface area contributed by atoms with Crippen molar-refractivity contribution >= 4 is 11.9 Å². The molecule has 0 aliphatic heterocycles. The number of nitrogens with one attached hydrogen (secondary N) is 1. The molecule has 0 bridgehead atoms. The van der Waals surface area contributed by atoms with Crippen LogP contribution in [-0.4, -0.2) is 30.6 Å². The molecule has 1 atom stereocenters. The lowest BCUT2D eigenvalue weighted by molar-refractivity contribution is -0.155. The molecule has 25 heavy (non-hydrogen) atoms. The van der Waals surface area contributed by atoms with Crippen molar-refractivity contribution in [2.75, 3.05) is 6.61 Å². The number of hydrogen-bond donors (Lipinski definition) is 1. The Kier molecular flexibility index (Phi) is 7.29. The second kappa shape index (κ2) is 9.44. The SMILES string of the molecule is Cc1ccc(C)c(OCCC(=O)O[C@@H](C)C(=O)NC2CCCCC2)c1. The topological polar surface area (TPSA) is 64.6 Å². The normalized spacial score (nSPS) is 16.1. The summed E-state index contributed by atoms with van der Waals surface area (Å²) >= 11 is 0. The molecule has 0 heterocycles. The highest BCUT2D eigenvalue weighted by Gasteiger charge is 2.22. The van der Waals surface area contributed by atoms with Crippen LogP contribution in [-0.2, 0) is 14.3 Å². The second-order valence-corrected chi connectivity index (χ2v) is 6.84. The van der Waals surface area contributed by atoms with E-state index >= 15 is 0 Å². The molecule has 138 valence electrons. The molecular formula is C20H29NO4. The molecule has 1 aliphatic carbocycles. The van der Waals surface area contributed by atoms with E-state index < -0.39 is 12.1 Å². The van der Waals surface area contributed by atoms with Crippen LogP contribution < -0.4 is 10.1 Å². The third kappa shape index (κ3) is 6.40. The lowest BCUT2D eigenvalue weighted by atomic mass is 9.95. The van der Waals surface area contributed by atoms with Gasteiger partial charge in [0.1, 0.15) is 5.75 Å². The average molecular weight is 347 g/mol. The number of ether oxygens (including phenoxy) is 2. The highest BCUT2D eigenvalue weighted by molar-refractivity contribution is 5.83. The Morgan fingerprint density at radius 2 is 1.92 bits per heavy atom. The summed E-state index contributed by atoms with van der Waals surface area (Å²) in [6.45, 7) is 5.81. The first kappa shape index (κ1) is 19.3. The fourth-order valence-electron chi connectivity index (χ4n) is 2.98. The summed E-state index contributed by atoms with van der Waals surface area (Å²) in [5.74, 6) is 0.142. The van der Waals surface area contributed by atoms with Crippen LogP contribution in [0.3, 0.4) is 0 Å². The number of benzene rings is 1. The zero-order chi connectivity index (χ0) is 18.2. The summed E-state index contributed by atoms with van der Waals surface area (Å²) < 4.78 is 10.9. The monoisotopic (exact) mass is 347 g/mol. The first-order chi connectivity index (χ1) is 12.0. The molecule has 0 saturated heterocycles. The van der Waals surface area contributed by atoms with Crippen molar-refractivity contribution in [3.05, 3.63) is 29.3 Å². The zero-order valence-electron chi connectivity index (χ0n) is 15.5. The van der Waals surface area contributed by atoms with Crippen molar-refractivity contribution in [1.82, 2.24) is 5.32 Å². The second-order valence-electron chi connectivity index (χ2n) is 6.84. The van der Waals surface area contributed by atoms with Crippen LogP contribution in [0, 0.1) is 13.8 Å². The quantitative estimate of drug-likeness (QED) is 0.767. The largest absolute Gasteiger partial charge is 0.493 e. The fraction of sp³-hybridized carbons (Fsp3) is 0.600. The minimum absolute atomic E-state index is 0.119. The molecule has 1 N–H and O–H groups in total. The van der Waals surface area contributed by atoms with Gasteiger partial charge in [-0.2, -0.15) is 0 Å². The molecule has 5 heteroatoms. The molecule has 5 nitrogen and oxygen atoms in total. The first-order valence-corrected chi connectivity index (χ1v) is 9.15. The van der Waals surface area contributed by atoms with Gasteiger partial charge in [-0.15, -0.1) is 0 Å². The van der Waals surface area contributed by atoms with Gasteiger partial charge in [0, 0.05) is 6.04 Å². The number of hydrogen-bond acceptors (Lipinski definition) is 4. The number of carbonyl (C=O) groups excluding carboxylic acids is 2. The summed E-state index contributed by atoms with van der Waals surface area (Å²) in [6, 6.07) is 6.17. The summed E-state index contributed by atoms with van der Waals surface area (Å²) in [5, 5.41) is 2.97. The van der Waals surface area contributed by atoms with E-state index in [9.17, 15) is 9.59 Å². The van der Waals surface area contributed by atoms with Gasteiger partial charge >= 0.3 is 5.97 Å². The molecule has 1 fully saturated rings. The summed E-state index contributed by atoms with van der Waals surface area (Å²) in [5.41, 5.74) is 2.13. The Morgan fingerprint density at radius 1 is 1.20 bits per heavy atom. The van der Waals surface area contributed by atoms with Gasteiger partial charge in [-0.25, -0.2) is 0 Å². The number of carbonyl (C=O) groups is 2. The Bertz CT molecular complexity index is 593. The predicted octanol–water partition coefficient (Wildman–Crippen LogP) is 3.45. The third-order valence-corrected chi connectivity index (χ3v) is 4.54. The maximum absolute atomic E-state index is 12.1. The van der Waals surface area contributed by atoms with E-state index in [1.54, 1.807) is 6.92 Å². The molecule has 2 rings (SSSR count). The van der Waals surface area contributed by atoms with Gasteiger partial charge in [0.25, 0.3) is 5.91 Å². The van der Waals surface area contributed by atoms with Crippen molar-refractivity contribution in [2.24, 2.45) is 0 Å². The van der Waals surface area contributed by atoms with E-state index in [1.807, 2.05) is 32.0 Å². The fourth-order valence-corrected chi connectivity index (χ4v) is 2.98. The molecule has 1 aromatic carbocycles. The van der Waals surface area contributed by atoms with Crippen LogP contribution in [0.5, 0.6) is 5.75 Å². The summed E-state index contributed by atoms with van der Waals surface area (Å²) in [6.07, 6.45) is 4.90. The van der Waals surface area contributed by atoms with Crippen LogP contribution in [0.1, 0.15) is 56.6 Å². The lowest BCUT2D eigenvalue weighted by Crippen LogP contribution is -2.42. The molecule has 0 aromatic heterocycles. The Balaban J connectivity index is 1.70. The van der Waals surface area contributed by atoms with Crippen molar-refractivity contribution in [2.45, 2.75) is 71.4 Å². The van der Waals surface area contributed by atoms with Crippen molar-refractivity contribution in [3.63, 3.8) is 0 Å². The average Bonchev–Trinajstić information content (AvgIpc) is 2.58. The number of aryl methyl sites for hydroxylation is 2. The van der Waals surface area contributed by atoms with Crippen molar-refractivity contribution < 1.29 is 19.1 Å². The molecule has 1 aliphatic rings. The minimum Gasteiger partial charge on any atom is -0.493 e. The standard InChI is InChI=1S/C20H29NO4/c1-14-9-10-15(2)18(13-14)24-12-11-19(22)25-16(3)20(23)21-17-7-5-4-6-8-17/h9-10,13,16-17H,4-8,11-12H2,1-3H3,(H,21,23)/t16-/m0/s1. The van der Waals surface area contributed by atoms with Crippen LogP contribution in [0.25, 0.3) is 0 Å². The molecule has 0 spiro atoms. The van der Waals surface area contributed by atoms with Gasteiger partial charge < -0.3 is 14.8 Å². The number of amides is 1. The summed E-state index contributed by atoms with van der Waals surface area (Å²) in [7, 11) is 0. The Labute approximate surface area is 150 Å². The van der Waals surface area contributed by atoms with Crippen LogP contribution >= 0.6 is 0 Å². The lowest BCUT2D eigenvalue weighted by Gasteiger charge is -2.24. The Morgan fingerprint density at radius 3 is 2.64 bits per heavy atom. The van der Waals surface area contributed by atoms with Gasteiger partial charge in [0.15, 0.2) is 6.10 Å². The highest BCUT2D eigenvalue weighted by atomic mass is 16.5. The van der Waals surface area contributed by atoms with E-state index in [2.05, 4.69) is 5.32 Å². The highest BCUT2D eigenvalue weighted by Crippen LogP contribution is 2.19. The number of esters is 1. The van der Waals surface area contributed by atoms with E-state index in [4.69, 9.17) is 9.47 Å². The van der Waals surface area contributed by atoms with Gasteiger partial charge in [-0.1, -0.05) is 31.4 Å². The van der Waals surface area contributed by atoms with E-state index in [0.717, 1.165) is 42.6 Å². The smallest absolute Gasteiger partial charge is 0.310 e.